The highest BCUT2D eigenvalue weighted by atomic mass is 79.9. The van der Waals surface area contributed by atoms with Crippen LogP contribution in [0.3, 0.4) is 0 Å². The third kappa shape index (κ3) is 2.84. The summed E-state index contributed by atoms with van der Waals surface area (Å²) in [4.78, 5) is 18.6. The Kier molecular flexibility index (Phi) is 4.30. The number of nitrogens with zero attached hydrogens (tertiary/aromatic N) is 1. The van der Waals surface area contributed by atoms with Crippen LogP contribution < -0.4 is 5.56 Å². The van der Waals surface area contributed by atoms with Crippen LogP contribution in [0.1, 0.15) is 45.4 Å². The van der Waals surface area contributed by atoms with Crippen LogP contribution >= 0.6 is 15.9 Å². The Balaban J connectivity index is 2.47. The Bertz CT molecular complexity index is 513. The molecule has 0 aromatic carbocycles. The topological polar surface area (TPSA) is 75.2 Å². The predicted molar refractivity (Wildman–Crippen MR) is 75.2 cm³/mol. The third-order valence-corrected chi connectivity index (χ3v) is 4.37. The standard InChI is InChI=1S/C13H19BrN2O3/c1-3-19-13(6-4-5-8(2)7-13)12-15-10(17)9(14)11(18)16-12/h8H,3-7H2,1-2H3,(H2,15,16,17,18). The summed E-state index contributed by atoms with van der Waals surface area (Å²) < 4.78 is 5.98. The highest BCUT2D eigenvalue weighted by Crippen LogP contribution is 2.41. The van der Waals surface area contributed by atoms with Gasteiger partial charge in [0.2, 0.25) is 5.88 Å². The van der Waals surface area contributed by atoms with Gasteiger partial charge >= 0.3 is 0 Å². The van der Waals surface area contributed by atoms with E-state index in [2.05, 4.69) is 32.8 Å². The number of hydrogen-bond donors (Lipinski definition) is 2. The monoisotopic (exact) mass is 330 g/mol. The van der Waals surface area contributed by atoms with Gasteiger partial charge in [0.1, 0.15) is 15.9 Å². The molecule has 0 bridgehead atoms. The second kappa shape index (κ2) is 5.63. The molecule has 0 aliphatic heterocycles. The molecule has 5 nitrogen and oxygen atoms in total. The number of nitrogens with one attached hydrogen (secondary N) is 1. The minimum absolute atomic E-state index is 0.0618. The average Bonchev–Trinajstić information content (AvgIpc) is 2.35. The lowest BCUT2D eigenvalue weighted by Crippen LogP contribution is -2.38. The number of rotatable bonds is 3. The molecule has 1 saturated carbocycles. The van der Waals surface area contributed by atoms with Crippen molar-refractivity contribution in [2.45, 2.75) is 45.1 Å². The summed E-state index contributed by atoms with van der Waals surface area (Å²) in [5, 5.41) is 9.73. The normalized spacial score (nSPS) is 27.4. The highest BCUT2D eigenvalue weighted by molar-refractivity contribution is 9.10. The Morgan fingerprint density at radius 2 is 2.37 bits per heavy atom. The van der Waals surface area contributed by atoms with E-state index in [1.165, 1.54) is 0 Å². The largest absolute Gasteiger partial charge is 0.492 e. The van der Waals surface area contributed by atoms with Gasteiger partial charge < -0.3 is 14.8 Å². The summed E-state index contributed by atoms with van der Waals surface area (Å²) in [5.41, 5.74) is -0.955. The second-order valence-electron chi connectivity index (χ2n) is 5.18. The predicted octanol–water partition coefficient (Wildman–Crippen LogP) is 2.68. The molecule has 0 amide bonds. The lowest BCUT2D eigenvalue weighted by atomic mass is 9.78. The Hall–Kier alpha value is -0.880. The Morgan fingerprint density at radius 1 is 1.63 bits per heavy atom. The average molecular weight is 331 g/mol. The summed E-state index contributed by atoms with van der Waals surface area (Å²) >= 11 is 3.01. The lowest BCUT2D eigenvalue weighted by Gasteiger charge is -2.38. The molecule has 1 aliphatic rings. The van der Waals surface area contributed by atoms with Crippen LogP contribution in [-0.4, -0.2) is 21.7 Å². The van der Waals surface area contributed by atoms with Crippen molar-refractivity contribution < 1.29 is 9.84 Å². The SMILES string of the molecule is CCOC1(c2nc(O)c(Br)c(=O)[nH]2)CCCC(C)C1. The summed E-state index contributed by atoms with van der Waals surface area (Å²) in [7, 11) is 0. The molecule has 1 aliphatic carbocycles. The van der Waals surface area contributed by atoms with E-state index in [-0.39, 0.29) is 15.9 Å². The maximum Gasteiger partial charge on any atom is 0.269 e. The molecule has 1 aromatic heterocycles. The molecule has 0 saturated heterocycles. The quantitative estimate of drug-likeness (QED) is 0.893. The maximum atomic E-state index is 11.8. The number of aromatic amines is 1. The van der Waals surface area contributed by atoms with Gasteiger partial charge in [0.15, 0.2) is 0 Å². The van der Waals surface area contributed by atoms with Crippen molar-refractivity contribution in [1.29, 1.82) is 0 Å². The van der Waals surface area contributed by atoms with Crippen LogP contribution in [0.15, 0.2) is 9.27 Å². The number of ether oxygens (including phenoxy) is 1. The molecular formula is C13H19BrN2O3. The van der Waals surface area contributed by atoms with E-state index >= 15 is 0 Å². The summed E-state index contributed by atoms with van der Waals surface area (Å²) in [5.74, 6) is 0.666. The van der Waals surface area contributed by atoms with Gasteiger partial charge in [-0.25, -0.2) is 0 Å². The molecule has 19 heavy (non-hydrogen) atoms. The van der Waals surface area contributed by atoms with Crippen molar-refractivity contribution in [1.82, 2.24) is 9.97 Å². The molecule has 1 fully saturated rings. The van der Waals surface area contributed by atoms with Crippen LogP contribution in [0.25, 0.3) is 0 Å². The van der Waals surface area contributed by atoms with E-state index in [1.54, 1.807) is 0 Å². The molecule has 6 heteroatoms. The van der Waals surface area contributed by atoms with Crippen LogP contribution in [0.5, 0.6) is 5.88 Å². The zero-order valence-corrected chi connectivity index (χ0v) is 12.8. The first kappa shape index (κ1) is 14.5. The number of hydrogen-bond acceptors (Lipinski definition) is 4. The van der Waals surface area contributed by atoms with Crippen molar-refractivity contribution >= 4 is 15.9 Å². The van der Waals surface area contributed by atoms with Crippen molar-refractivity contribution in [2.75, 3.05) is 6.61 Å². The summed E-state index contributed by atoms with van der Waals surface area (Å²) in [6, 6.07) is 0. The molecule has 0 radical (unpaired) electrons. The second-order valence-corrected chi connectivity index (χ2v) is 5.97. The number of halogens is 1. The minimum atomic E-state index is -0.580. The van der Waals surface area contributed by atoms with Gasteiger partial charge in [-0.1, -0.05) is 13.3 Å². The van der Waals surface area contributed by atoms with Crippen LogP contribution in [0.2, 0.25) is 0 Å². The minimum Gasteiger partial charge on any atom is -0.492 e. The smallest absolute Gasteiger partial charge is 0.269 e. The molecular weight excluding hydrogens is 312 g/mol. The molecule has 2 atom stereocenters. The van der Waals surface area contributed by atoms with Gasteiger partial charge in [0.25, 0.3) is 5.56 Å². The van der Waals surface area contributed by atoms with Crippen molar-refractivity contribution in [3.8, 4) is 5.88 Å². The van der Waals surface area contributed by atoms with E-state index in [4.69, 9.17) is 4.74 Å². The van der Waals surface area contributed by atoms with Crippen molar-refractivity contribution in [2.24, 2.45) is 5.92 Å². The van der Waals surface area contributed by atoms with Gasteiger partial charge in [-0.3, -0.25) is 4.79 Å². The first-order chi connectivity index (χ1) is 8.98. The summed E-state index contributed by atoms with van der Waals surface area (Å²) in [6.07, 6.45) is 3.81. The van der Waals surface area contributed by atoms with Crippen LogP contribution in [-0.2, 0) is 10.3 Å². The Labute approximate surface area is 120 Å². The van der Waals surface area contributed by atoms with E-state index in [0.29, 0.717) is 18.3 Å². The van der Waals surface area contributed by atoms with Gasteiger partial charge in [-0.2, -0.15) is 4.98 Å². The summed E-state index contributed by atoms with van der Waals surface area (Å²) in [6.45, 7) is 4.65. The molecule has 2 unspecified atom stereocenters. The van der Waals surface area contributed by atoms with Gasteiger partial charge in [-0.15, -0.1) is 0 Å². The first-order valence-electron chi connectivity index (χ1n) is 6.61. The number of aromatic nitrogens is 2. The van der Waals surface area contributed by atoms with Crippen molar-refractivity contribution in [3.63, 3.8) is 0 Å². The van der Waals surface area contributed by atoms with Crippen LogP contribution in [0.4, 0.5) is 0 Å². The fourth-order valence-electron chi connectivity index (χ4n) is 2.86. The zero-order chi connectivity index (χ0) is 14.0. The van der Waals surface area contributed by atoms with Gasteiger partial charge in [-0.05, 0) is 48.0 Å². The lowest BCUT2D eigenvalue weighted by molar-refractivity contribution is -0.0885. The van der Waals surface area contributed by atoms with E-state index in [9.17, 15) is 9.90 Å². The van der Waals surface area contributed by atoms with Gasteiger partial charge in [0.05, 0.1) is 0 Å². The number of H-pyrrole nitrogens is 1. The highest BCUT2D eigenvalue weighted by Gasteiger charge is 2.40. The van der Waals surface area contributed by atoms with E-state index in [1.807, 2.05) is 6.92 Å². The molecule has 0 spiro atoms. The fourth-order valence-corrected chi connectivity index (χ4v) is 3.04. The zero-order valence-electron chi connectivity index (χ0n) is 11.2. The van der Waals surface area contributed by atoms with Crippen LogP contribution in [0, 0.1) is 5.92 Å². The first-order valence-corrected chi connectivity index (χ1v) is 7.41. The number of aromatic hydroxyl groups is 1. The molecule has 2 rings (SSSR count). The molecule has 106 valence electrons. The molecule has 1 heterocycles. The van der Waals surface area contributed by atoms with Crippen molar-refractivity contribution in [3.05, 3.63) is 20.7 Å². The molecule has 1 aromatic rings. The fraction of sp³-hybridized carbons (Fsp3) is 0.692. The van der Waals surface area contributed by atoms with Gasteiger partial charge in [0, 0.05) is 6.61 Å². The third-order valence-electron chi connectivity index (χ3n) is 3.65. The van der Waals surface area contributed by atoms with E-state index < -0.39 is 5.60 Å². The molecule has 2 N–H and O–H groups in total. The van der Waals surface area contributed by atoms with E-state index in [0.717, 1.165) is 25.7 Å². The Morgan fingerprint density at radius 3 is 2.95 bits per heavy atom. The maximum absolute atomic E-state index is 11.8.